The number of anilines is 1. The summed E-state index contributed by atoms with van der Waals surface area (Å²) in [6.45, 7) is 1.11. The molecule has 0 fully saturated rings. The predicted molar refractivity (Wildman–Crippen MR) is 122 cm³/mol. The summed E-state index contributed by atoms with van der Waals surface area (Å²) in [6, 6.07) is 8.80. The Labute approximate surface area is 211 Å². The molecule has 0 spiro atoms. The summed E-state index contributed by atoms with van der Waals surface area (Å²) in [5.74, 6) is -0.422. The van der Waals surface area contributed by atoms with E-state index in [4.69, 9.17) is 42.3 Å². The van der Waals surface area contributed by atoms with Crippen LogP contribution < -0.4 is 15.4 Å². The van der Waals surface area contributed by atoms with Gasteiger partial charge in [-0.05, 0) is 24.3 Å². The van der Waals surface area contributed by atoms with E-state index < -0.39 is 12.1 Å². The molecule has 1 aromatic carbocycles. The SMILES string of the molecule is O=C(O)C(F)(F)F.O=C1CNCC2=C1C(c1ccc(COc3ccc(Cl)c(Cl)c3)o1)c1c[nH]nc1N2. The lowest BCUT2D eigenvalue weighted by atomic mass is 9.82. The fourth-order valence-corrected chi connectivity index (χ4v) is 3.96. The number of benzene rings is 1. The van der Waals surface area contributed by atoms with E-state index in [9.17, 15) is 18.0 Å². The monoisotopic (exact) mass is 544 g/mol. The molecule has 4 N–H and O–H groups in total. The molecule has 0 saturated carbocycles. The van der Waals surface area contributed by atoms with Crippen LogP contribution in [-0.2, 0) is 16.2 Å². The van der Waals surface area contributed by atoms with Crippen molar-refractivity contribution in [2.45, 2.75) is 18.7 Å². The number of carboxylic acids is 1. The number of carbonyl (C=O) groups excluding carboxylic acids is 1. The molecule has 3 aromatic rings. The Balaban J connectivity index is 0.000000384. The number of halogens is 5. The summed E-state index contributed by atoms with van der Waals surface area (Å²) in [5, 5.41) is 21.5. The first-order chi connectivity index (χ1) is 17.0. The number of ether oxygens (including phenoxy) is 1. The van der Waals surface area contributed by atoms with E-state index in [1.165, 1.54) is 0 Å². The fraction of sp³-hybridized carbons (Fsp3) is 0.227. The van der Waals surface area contributed by atoms with Crippen LogP contribution in [0.5, 0.6) is 5.75 Å². The number of Topliss-reactive ketones (excluding diaryl/α,β-unsaturated/α-hetero) is 1. The maximum absolute atomic E-state index is 12.6. The van der Waals surface area contributed by atoms with Crippen molar-refractivity contribution in [2.75, 3.05) is 18.4 Å². The maximum atomic E-state index is 12.6. The number of furan rings is 1. The van der Waals surface area contributed by atoms with Gasteiger partial charge in [-0.15, -0.1) is 0 Å². The third-order valence-electron chi connectivity index (χ3n) is 5.23. The smallest absolute Gasteiger partial charge is 0.486 e. The summed E-state index contributed by atoms with van der Waals surface area (Å²) in [7, 11) is 0. The van der Waals surface area contributed by atoms with Crippen molar-refractivity contribution < 1.29 is 37.0 Å². The number of aromatic nitrogens is 2. The lowest BCUT2D eigenvalue weighted by molar-refractivity contribution is -0.192. The van der Waals surface area contributed by atoms with E-state index in [2.05, 4.69) is 20.8 Å². The zero-order valence-corrected chi connectivity index (χ0v) is 19.6. The number of aliphatic carboxylic acids is 1. The lowest BCUT2D eigenvalue weighted by Crippen LogP contribution is -2.39. The van der Waals surface area contributed by atoms with Crippen molar-refractivity contribution in [1.29, 1.82) is 0 Å². The maximum Gasteiger partial charge on any atom is 0.490 e. The van der Waals surface area contributed by atoms with Gasteiger partial charge in [0.15, 0.2) is 11.6 Å². The van der Waals surface area contributed by atoms with Crippen LogP contribution >= 0.6 is 23.2 Å². The summed E-state index contributed by atoms with van der Waals surface area (Å²) in [6.07, 6.45) is -3.29. The van der Waals surface area contributed by atoms with Crippen molar-refractivity contribution >= 4 is 40.8 Å². The molecule has 9 nitrogen and oxygen atoms in total. The molecule has 2 aromatic heterocycles. The van der Waals surface area contributed by atoms with Crippen molar-refractivity contribution in [2.24, 2.45) is 0 Å². The minimum atomic E-state index is -5.08. The molecule has 190 valence electrons. The second-order valence-corrected chi connectivity index (χ2v) is 8.45. The highest BCUT2D eigenvalue weighted by atomic mass is 35.5. The van der Waals surface area contributed by atoms with Crippen LogP contribution in [-0.4, -0.2) is 46.3 Å². The zero-order valence-electron chi connectivity index (χ0n) is 18.1. The first kappa shape index (κ1) is 25.6. The van der Waals surface area contributed by atoms with Crippen LogP contribution in [0.4, 0.5) is 19.0 Å². The largest absolute Gasteiger partial charge is 0.490 e. The Kier molecular flexibility index (Phi) is 7.29. The van der Waals surface area contributed by atoms with E-state index in [-0.39, 0.29) is 18.3 Å². The Morgan fingerprint density at radius 3 is 2.64 bits per heavy atom. The average Bonchev–Trinajstić information content (AvgIpc) is 3.48. The highest BCUT2D eigenvalue weighted by Crippen LogP contribution is 2.42. The number of fused-ring (bicyclic) bond motifs is 1. The Morgan fingerprint density at radius 1 is 1.19 bits per heavy atom. The second kappa shape index (κ2) is 10.2. The number of ketones is 1. The molecule has 0 aliphatic carbocycles. The number of hydrogen-bond donors (Lipinski definition) is 4. The second-order valence-electron chi connectivity index (χ2n) is 7.64. The molecule has 0 saturated heterocycles. The molecule has 0 amide bonds. The normalized spacial score (nSPS) is 16.9. The number of nitrogens with zero attached hydrogens (tertiary/aromatic N) is 1. The molecule has 1 unspecified atom stereocenters. The number of carbonyl (C=O) groups is 2. The highest BCUT2D eigenvalue weighted by molar-refractivity contribution is 6.42. The van der Waals surface area contributed by atoms with Crippen LogP contribution in [0.15, 0.2) is 52.2 Å². The molecule has 2 aliphatic rings. The van der Waals surface area contributed by atoms with Gasteiger partial charge in [-0.1, -0.05) is 23.2 Å². The van der Waals surface area contributed by atoms with Gasteiger partial charge in [0.05, 0.1) is 22.5 Å². The minimum absolute atomic E-state index is 0.0422. The van der Waals surface area contributed by atoms with Crippen LogP contribution in [0.1, 0.15) is 23.0 Å². The van der Waals surface area contributed by atoms with Crippen molar-refractivity contribution in [3.05, 3.63) is 74.9 Å². The number of carboxylic acid groups (broad SMARTS) is 1. The standard InChI is InChI=1S/C20H16Cl2N4O3.C2HF3O2/c21-13-3-1-10(5-14(13)22)28-9-11-2-4-17(29-11)18-12-6-24-26-20(12)25-15-7-23-8-16(27)19(15)18;3-2(4,5)1(6)7/h1-6,18,23H,7-9H2,(H2,24,25,26);(H,6,7). The Hall–Kier alpha value is -3.48. The third kappa shape index (κ3) is 5.50. The van der Waals surface area contributed by atoms with Gasteiger partial charge >= 0.3 is 12.1 Å². The van der Waals surface area contributed by atoms with Gasteiger partial charge in [-0.3, -0.25) is 9.89 Å². The van der Waals surface area contributed by atoms with E-state index in [1.54, 1.807) is 24.4 Å². The molecule has 0 radical (unpaired) electrons. The molecule has 4 heterocycles. The number of aromatic amines is 1. The first-order valence-electron chi connectivity index (χ1n) is 10.3. The highest BCUT2D eigenvalue weighted by Gasteiger charge is 2.39. The van der Waals surface area contributed by atoms with E-state index in [0.717, 1.165) is 11.3 Å². The molecule has 36 heavy (non-hydrogen) atoms. The topological polar surface area (TPSA) is 129 Å². The first-order valence-corrected chi connectivity index (χ1v) is 11.0. The zero-order chi connectivity index (χ0) is 26.0. The van der Waals surface area contributed by atoms with Crippen molar-refractivity contribution in [3.63, 3.8) is 0 Å². The molecule has 2 aliphatic heterocycles. The summed E-state index contributed by atoms with van der Waals surface area (Å²) >= 11 is 12.0. The molecular weight excluding hydrogens is 528 g/mol. The van der Waals surface area contributed by atoms with Crippen LogP contribution in [0.2, 0.25) is 10.0 Å². The number of alkyl halides is 3. The van der Waals surface area contributed by atoms with Gasteiger partial charge in [0.2, 0.25) is 0 Å². The third-order valence-corrected chi connectivity index (χ3v) is 5.97. The van der Waals surface area contributed by atoms with Gasteiger partial charge in [0, 0.05) is 35.6 Å². The van der Waals surface area contributed by atoms with Gasteiger partial charge < -0.3 is 24.9 Å². The van der Waals surface area contributed by atoms with Gasteiger partial charge in [-0.25, -0.2) is 4.79 Å². The molecule has 1 atom stereocenters. The van der Waals surface area contributed by atoms with Crippen LogP contribution in [0.3, 0.4) is 0 Å². The Bertz CT molecular complexity index is 1340. The summed E-state index contributed by atoms with van der Waals surface area (Å²) in [4.78, 5) is 21.5. The molecule has 5 rings (SSSR count). The van der Waals surface area contributed by atoms with Crippen molar-refractivity contribution in [1.82, 2.24) is 15.5 Å². The molecular formula is C22H17Cl2F3N4O5. The quantitative estimate of drug-likeness (QED) is 0.377. The van der Waals surface area contributed by atoms with Crippen molar-refractivity contribution in [3.8, 4) is 5.75 Å². The molecule has 0 bridgehead atoms. The van der Waals surface area contributed by atoms with E-state index in [0.29, 0.717) is 51.8 Å². The number of H-pyrrole nitrogens is 1. The number of nitrogens with one attached hydrogen (secondary N) is 3. The predicted octanol–water partition coefficient (Wildman–Crippen LogP) is 4.51. The van der Waals surface area contributed by atoms with Gasteiger partial charge in [-0.2, -0.15) is 18.3 Å². The fourth-order valence-electron chi connectivity index (χ4n) is 3.67. The van der Waals surface area contributed by atoms with Crippen LogP contribution in [0, 0.1) is 0 Å². The minimum Gasteiger partial charge on any atom is -0.486 e. The van der Waals surface area contributed by atoms with Gasteiger partial charge in [0.25, 0.3) is 0 Å². The average molecular weight is 545 g/mol. The van der Waals surface area contributed by atoms with E-state index in [1.807, 2.05) is 12.1 Å². The number of rotatable bonds is 4. The summed E-state index contributed by atoms with van der Waals surface area (Å²) in [5.41, 5.74) is 2.42. The van der Waals surface area contributed by atoms with Crippen LogP contribution in [0.25, 0.3) is 0 Å². The number of hydrogen-bond acceptors (Lipinski definition) is 7. The van der Waals surface area contributed by atoms with Gasteiger partial charge in [0.1, 0.15) is 23.9 Å². The summed E-state index contributed by atoms with van der Waals surface area (Å²) < 4.78 is 43.6. The Morgan fingerprint density at radius 2 is 1.94 bits per heavy atom. The van der Waals surface area contributed by atoms with E-state index >= 15 is 0 Å². The lowest BCUT2D eigenvalue weighted by Gasteiger charge is -2.30. The molecule has 14 heteroatoms.